The van der Waals surface area contributed by atoms with Gasteiger partial charge in [0.15, 0.2) is 5.69 Å². The van der Waals surface area contributed by atoms with Crippen LogP contribution in [0.15, 0.2) is 40.9 Å². The second kappa shape index (κ2) is 11.5. The number of rotatable bonds is 11. The lowest BCUT2D eigenvalue weighted by Crippen LogP contribution is -2.41. The molecule has 2 amide bonds. The zero-order chi connectivity index (χ0) is 25.5. The minimum Gasteiger partial charge on any atom is -0.480 e. The van der Waals surface area contributed by atoms with Crippen LogP contribution in [0.5, 0.6) is 0 Å². The van der Waals surface area contributed by atoms with Gasteiger partial charge in [-0.15, -0.1) is 0 Å². The number of carboxylic acids is 1. The zero-order valence-corrected chi connectivity index (χ0v) is 20.3. The van der Waals surface area contributed by atoms with E-state index in [1.807, 2.05) is 33.8 Å². The van der Waals surface area contributed by atoms with Crippen LogP contribution in [0.25, 0.3) is 22.7 Å². The molecule has 0 aliphatic carbocycles. The van der Waals surface area contributed by atoms with Gasteiger partial charge in [0.05, 0.1) is 11.9 Å². The zero-order valence-electron chi connectivity index (χ0n) is 20.3. The van der Waals surface area contributed by atoms with E-state index in [1.165, 1.54) is 6.20 Å². The van der Waals surface area contributed by atoms with Gasteiger partial charge in [-0.1, -0.05) is 39.8 Å². The lowest BCUT2D eigenvalue weighted by atomic mass is 10.0. The van der Waals surface area contributed by atoms with Crippen molar-refractivity contribution in [3.05, 3.63) is 48.0 Å². The lowest BCUT2D eigenvalue weighted by molar-refractivity contribution is -0.139. The molecular formula is C25H31N5O5. The standard InChI is InChI=1S/C25H31N5O5/c1-5-17(6-2)27-23(32)21-13-26-24(35-21)16-9-7-8-15(11-16)18-12-19(30-29-18)22(31)28-20(25(33)34)10-14(3)4/h7-9,11-14,17,20H,5-6,10H2,1-4H3,(H,27,32)(H,28,31)(H,29,30)(H,33,34). The highest BCUT2D eigenvalue weighted by atomic mass is 16.4. The molecule has 0 saturated carbocycles. The van der Waals surface area contributed by atoms with E-state index < -0.39 is 17.9 Å². The average Bonchev–Trinajstić information content (AvgIpc) is 3.52. The van der Waals surface area contributed by atoms with Crippen LogP contribution in [0.2, 0.25) is 0 Å². The van der Waals surface area contributed by atoms with Gasteiger partial charge in [-0.3, -0.25) is 14.7 Å². The number of carbonyl (C=O) groups is 3. The average molecular weight is 482 g/mol. The molecule has 0 saturated heterocycles. The molecule has 2 heterocycles. The number of carbonyl (C=O) groups excluding carboxylic acids is 2. The molecule has 186 valence electrons. The topological polar surface area (TPSA) is 150 Å². The number of H-pyrrole nitrogens is 1. The van der Waals surface area contributed by atoms with E-state index in [-0.39, 0.29) is 35.2 Å². The Kier molecular flexibility index (Phi) is 8.40. The quantitative estimate of drug-likeness (QED) is 0.324. The van der Waals surface area contributed by atoms with Crippen molar-refractivity contribution in [3.63, 3.8) is 0 Å². The second-order valence-electron chi connectivity index (χ2n) is 8.76. The van der Waals surface area contributed by atoms with E-state index >= 15 is 0 Å². The maximum Gasteiger partial charge on any atom is 0.326 e. The van der Waals surface area contributed by atoms with Crippen LogP contribution in [0.3, 0.4) is 0 Å². The monoisotopic (exact) mass is 481 g/mol. The number of hydrogen-bond donors (Lipinski definition) is 4. The summed E-state index contributed by atoms with van der Waals surface area (Å²) in [6.07, 6.45) is 3.36. The molecule has 1 atom stereocenters. The third kappa shape index (κ3) is 6.56. The number of hydrogen-bond acceptors (Lipinski definition) is 6. The number of nitrogens with one attached hydrogen (secondary N) is 3. The van der Waals surface area contributed by atoms with E-state index in [0.717, 1.165) is 12.8 Å². The molecule has 35 heavy (non-hydrogen) atoms. The van der Waals surface area contributed by atoms with Crippen molar-refractivity contribution in [1.82, 2.24) is 25.8 Å². The van der Waals surface area contributed by atoms with E-state index in [2.05, 4.69) is 25.8 Å². The van der Waals surface area contributed by atoms with Crippen molar-refractivity contribution >= 4 is 17.8 Å². The molecule has 4 N–H and O–H groups in total. The SMILES string of the molecule is CCC(CC)NC(=O)c1cnc(-c2cccc(-c3cc(C(=O)NC(CC(C)C)C(=O)O)n[nH]3)c2)o1. The summed E-state index contributed by atoms with van der Waals surface area (Å²) >= 11 is 0. The molecule has 0 spiro atoms. The molecule has 10 nitrogen and oxygen atoms in total. The molecule has 0 aliphatic heterocycles. The van der Waals surface area contributed by atoms with E-state index in [0.29, 0.717) is 23.2 Å². The minimum atomic E-state index is -1.09. The van der Waals surface area contributed by atoms with Crippen LogP contribution in [-0.2, 0) is 4.79 Å². The fraction of sp³-hybridized carbons (Fsp3) is 0.400. The van der Waals surface area contributed by atoms with Crippen LogP contribution < -0.4 is 10.6 Å². The Labute approximate surface area is 203 Å². The van der Waals surface area contributed by atoms with Gasteiger partial charge in [0.25, 0.3) is 11.8 Å². The maximum absolute atomic E-state index is 12.5. The molecule has 1 unspecified atom stereocenters. The fourth-order valence-electron chi connectivity index (χ4n) is 3.59. The number of oxazole rings is 1. The largest absolute Gasteiger partial charge is 0.480 e. The molecule has 0 bridgehead atoms. The molecule has 0 aliphatic rings. The molecule has 3 aromatic rings. The highest BCUT2D eigenvalue weighted by molar-refractivity contribution is 5.96. The van der Waals surface area contributed by atoms with Crippen LogP contribution in [-0.4, -0.2) is 50.2 Å². The summed E-state index contributed by atoms with van der Waals surface area (Å²) in [6, 6.07) is 7.83. The van der Waals surface area contributed by atoms with Gasteiger partial charge in [-0.2, -0.15) is 5.10 Å². The van der Waals surface area contributed by atoms with Gasteiger partial charge in [0.2, 0.25) is 11.7 Å². The summed E-state index contributed by atoms with van der Waals surface area (Å²) in [5.41, 5.74) is 2.00. The van der Waals surface area contributed by atoms with Gasteiger partial charge < -0.3 is 20.2 Å². The molecule has 3 rings (SSSR count). The van der Waals surface area contributed by atoms with E-state index in [1.54, 1.807) is 24.3 Å². The Morgan fingerprint density at radius 2 is 1.77 bits per heavy atom. The highest BCUT2D eigenvalue weighted by Crippen LogP contribution is 2.26. The van der Waals surface area contributed by atoms with Crippen molar-refractivity contribution in [3.8, 4) is 22.7 Å². The highest BCUT2D eigenvalue weighted by Gasteiger charge is 2.23. The lowest BCUT2D eigenvalue weighted by Gasteiger charge is -2.15. The van der Waals surface area contributed by atoms with Crippen molar-refractivity contribution < 1.29 is 23.9 Å². The fourth-order valence-corrected chi connectivity index (χ4v) is 3.59. The van der Waals surface area contributed by atoms with Crippen LogP contribution in [0, 0.1) is 5.92 Å². The van der Waals surface area contributed by atoms with Crippen molar-refractivity contribution in [2.45, 2.75) is 59.0 Å². The first kappa shape index (κ1) is 25.7. The molecule has 1 aromatic carbocycles. The number of aromatic amines is 1. The molecule has 0 radical (unpaired) electrons. The summed E-state index contributed by atoms with van der Waals surface area (Å²) in [4.78, 5) is 40.6. The summed E-state index contributed by atoms with van der Waals surface area (Å²) in [7, 11) is 0. The Balaban J connectivity index is 1.75. The number of benzene rings is 1. The Morgan fingerprint density at radius 3 is 2.43 bits per heavy atom. The minimum absolute atomic E-state index is 0.0716. The van der Waals surface area contributed by atoms with Crippen LogP contribution in [0.4, 0.5) is 0 Å². The number of aliphatic carboxylic acids is 1. The van der Waals surface area contributed by atoms with Crippen molar-refractivity contribution in [2.24, 2.45) is 5.92 Å². The van der Waals surface area contributed by atoms with Crippen molar-refractivity contribution in [2.75, 3.05) is 0 Å². The second-order valence-corrected chi connectivity index (χ2v) is 8.76. The Morgan fingerprint density at radius 1 is 1.06 bits per heavy atom. The van der Waals surface area contributed by atoms with Gasteiger partial charge in [-0.05, 0) is 43.4 Å². The van der Waals surface area contributed by atoms with Gasteiger partial charge in [0, 0.05) is 17.2 Å². The smallest absolute Gasteiger partial charge is 0.326 e. The summed E-state index contributed by atoms with van der Waals surface area (Å²) in [5.74, 6) is -1.44. The molecule has 10 heteroatoms. The molecule has 2 aromatic heterocycles. The third-order valence-corrected chi connectivity index (χ3v) is 5.59. The maximum atomic E-state index is 12.5. The first-order valence-electron chi connectivity index (χ1n) is 11.7. The van der Waals surface area contributed by atoms with E-state index in [4.69, 9.17) is 4.42 Å². The first-order chi connectivity index (χ1) is 16.7. The number of nitrogens with zero attached hydrogens (tertiary/aromatic N) is 2. The number of aromatic nitrogens is 3. The van der Waals surface area contributed by atoms with Gasteiger partial charge >= 0.3 is 5.97 Å². The number of carboxylic acid groups (broad SMARTS) is 1. The van der Waals surface area contributed by atoms with Gasteiger partial charge in [0.1, 0.15) is 6.04 Å². The summed E-state index contributed by atoms with van der Waals surface area (Å²) < 4.78 is 5.68. The van der Waals surface area contributed by atoms with Gasteiger partial charge in [-0.25, -0.2) is 9.78 Å². The first-order valence-corrected chi connectivity index (χ1v) is 11.7. The van der Waals surface area contributed by atoms with E-state index in [9.17, 15) is 19.5 Å². The number of amides is 2. The Hall–Kier alpha value is -3.95. The summed E-state index contributed by atoms with van der Waals surface area (Å²) in [6.45, 7) is 7.79. The predicted molar refractivity (Wildman–Crippen MR) is 130 cm³/mol. The van der Waals surface area contributed by atoms with Crippen LogP contribution in [0.1, 0.15) is 68.0 Å². The normalized spacial score (nSPS) is 12.1. The Bertz CT molecular complexity index is 1180. The third-order valence-electron chi connectivity index (χ3n) is 5.59. The predicted octanol–water partition coefficient (Wildman–Crippen LogP) is 3.88. The molecular weight excluding hydrogens is 450 g/mol. The summed E-state index contributed by atoms with van der Waals surface area (Å²) in [5, 5.41) is 21.6. The molecule has 0 fully saturated rings. The van der Waals surface area contributed by atoms with Crippen LogP contribution >= 0.6 is 0 Å². The van der Waals surface area contributed by atoms with Crippen molar-refractivity contribution in [1.29, 1.82) is 0 Å².